The van der Waals surface area contributed by atoms with E-state index in [0.29, 0.717) is 18.9 Å². The molecule has 1 aromatic carbocycles. The number of halogens is 2. The molecule has 0 unspecified atom stereocenters. The molecule has 0 fully saturated rings. The molecule has 0 saturated heterocycles. The van der Waals surface area contributed by atoms with E-state index in [1.54, 1.807) is 0 Å². The van der Waals surface area contributed by atoms with Gasteiger partial charge < -0.3 is 15.4 Å². The van der Waals surface area contributed by atoms with Gasteiger partial charge in [0.1, 0.15) is 11.6 Å². The zero-order valence-electron chi connectivity index (χ0n) is 17.9. The topological polar surface area (TPSA) is 110 Å². The highest BCUT2D eigenvalue weighted by molar-refractivity contribution is 5.96. The fourth-order valence-electron chi connectivity index (χ4n) is 2.93. The molecule has 0 bridgehead atoms. The third kappa shape index (κ3) is 6.16. The van der Waals surface area contributed by atoms with Crippen molar-refractivity contribution >= 4 is 17.4 Å². The summed E-state index contributed by atoms with van der Waals surface area (Å²) >= 11 is 0. The number of nitrogens with zero attached hydrogens (tertiary/aromatic N) is 2. The lowest BCUT2D eigenvalue weighted by Crippen LogP contribution is -2.43. The number of aromatic amines is 1. The van der Waals surface area contributed by atoms with Gasteiger partial charge in [-0.3, -0.25) is 19.1 Å². The van der Waals surface area contributed by atoms with Crippen molar-refractivity contribution in [1.29, 1.82) is 0 Å². The number of hydrogen-bond acceptors (Lipinski definition) is 5. The molecular weight excluding hydrogens is 410 g/mol. The Morgan fingerprint density at radius 1 is 1.29 bits per heavy atom. The van der Waals surface area contributed by atoms with Crippen LogP contribution in [0, 0.1) is 17.6 Å². The number of benzene rings is 1. The Bertz CT molecular complexity index is 1030. The standard InChI is InChI=1S/C21H28F2N4O4/c1-4-5-9-27-19(24)18(20(29)25-21(27)30)26(10-8-13(2)3)17(28)12-31-16-7-6-14(22)11-15(16)23/h6-7,11,13H,4-5,8-10,12,24H2,1-3H3,(H,25,29,30). The molecule has 0 aliphatic carbocycles. The number of nitrogens with one attached hydrogen (secondary N) is 1. The van der Waals surface area contributed by atoms with Gasteiger partial charge >= 0.3 is 5.69 Å². The minimum absolute atomic E-state index is 0.118. The number of H-pyrrole nitrogens is 1. The van der Waals surface area contributed by atoms with Crippen LogP contribution in [0.25, 0.3) is 0 Å². The highest BCUT2D eigenvalue weighted by Gasteiger charge is 2.25. The van der Waals surface area contributed by atoms with E-state index in [-0.39, 0.29) is 36.3 Å². The molecule has 2 rings (SSSR count). The normalized spacial score (nSPS) is 11.0. The molecule has 10 heteroatoms. The van der Waals surface area contributed by atoms with Gasteiger partial charge in [-0.1, -0.05) is 27.2 Å². The van der Waals surface area contributed by atoms with E-state index in [1.807, 2.05) is 20.8 Å². The van der Waals surface area contributed by atoms with Gasteiger partial charge in [0.05, 0.1) is 0 Å². The number of amides is 1. The number of carbonyl (C=O) groups is 1. The first kappa shape index (κ1) is 24.1. The number of anilines is 2. The lowest BCUT2D eigenvalue weighted by molar-refractivity contribution is -0.120. The second-order valence-electron chi connectivity index (χ2n) is 7.59. The van der Waals surface area contributed by atoms with Crippen LogP contribution in [0.2, 0.25) is 0 Å². The Balaban J connectivity index is 2.38. The summed E-state index contributed by atoms with van der Waals surface area (Å²) in [6, 6.07) is 2.72. The average molecular weight is 438 g/mol. The Kier molecular flexibility index (Phi) is 8.35. The maximum Gasteiger partial charge on any atom is 0.330 e. The fraction of sp³-hybridized carbons (Fsp3) is 0.476. The van der Waals surface area contributed by atoms with Crippen LogP contribution in [0.5, 0.6) is 5.75 Å². The molecule has 2 aromatic rings. The molecular formula is C21H28F2N4O4. The van der Waals surface area contributed by atoms with Crippen molar-refractivity contribution in [1.82, 2.24) is 9.55 Å². The number of hydrogen-bond donors (Lipinski definition) is 2. The lowest BCUT2D eigenvalue weighted by atomic mass is 10.1. The number of unbranched alkanes of at least 4 members (excludes halogenated alkanes) is 1. The van der Waals surface area contributed by atoms with Crippen molar-refractivity contribution < 1.29 is 18.3 Å². The quantitative estimate of drug-likeness (QED) is 0.593. The molecule has 0 atom stereocenters. The molecule has 1 heterocycles. The van der Waals surface area contributed by atoms with E-state index in [0.717, 1.165) is 23.5 Å². The summed E-state index contributed by atoms with van der Waals surface area (Å²) in [6.07, 6.45) is 2.00. The Morgan fingerprint density at radius 2 is 2.00 bits per heavy atom. The van der Waals surface area contributed by atoms with Crippen LogP contribution in [0.1, 0.15) is 40.0 Å². The minimum Gasteiger partial charge on any atom is -0.481 e. The highest BCUT2D eigenvalue weighted by Crippen LogP contribution is 2.21. The fourth-order valence-corrected chi connectivity index (χ4v) is 2.93. The van der Waals surface area contributed by atoms with Crippen LogP contribution in [0.3, 0.4) is 0 Å². The van der Waals surface area contributed by atoms with Crippen LogP contribution in [-0.2, 0) is 11.3 Å². The molecule has 31 heavy (non-hydrogen) atoms. The Labute approximate surface area is 178 Å². The zero-order chi connectivity index (χ0) is 23.1. The van der Waals surface area contributed by atoms with Crippen LogP contribution in [0.15, 0.2) is 27.8 Å². The lowest BCUT2D eigenvalue weighted by Gasteiger charge is -2.25. The molecule has 0 spiro atoms. The summed E-state index contributed by atoms with van der Waals surface area (Å²) in [5, 5.41) is 0. The van der Waals surface area contributed by atoms with Gasteiger partial charge in [-0.2, -0.15) is 0 Å². The summed E-state index contributed by atoms with van der Waals surface area (Å²) in [4.78, 5) is 41.0. The molecule has 1 amide bonds. The maximum atomic E-state index is 13.8. The summed E-state index contributed by atoms with van der Waals surface area (Å²) in [7, 11) is 0. The first-order valence-electron chi connectivity index (χ1n) is 10.2. The zero-order valence-corrected chi connectivity index (χ0v) is 17.9. The van der Waals surface area contributed by atoms with Crippen LogP contribution < -0.4 is 26.6 Å². The molecule has 8 nitrogen and oxygen atoms in total. The number of ether oxygens (including phenoxy) is 1. The molecule has 0 saturated carbocycles. The third-order valence-electron chi connectivity index (χ3n) is 4.70. The highest BCUT2D eigenvalue weighted by atomic mass is 19.1. The van der Waals surface area contributed by atoms with Gasteiger partial charge in [0, 0.05) is 19.2 Å². The van der Waals surface area contributed by atoms with Gasteiger partial charge in [-0.05, 0) is 30.9 Å². The van der Waals surface area contributed by atoms with Crippen molar-refractivity contribution in [2.24, 2.45) is 5.92 Å². The van der Waals surface area contributed by atoms with Crippen LogP contribution >= 0.6 is 0 Å². The van der Waals surface area contributed by atoms with Gasteiger partial charge in [-0.15, -0.1) is 0 Å². The van der Waals surface area contributed by atoms with Gasteiger partial charge in [0.15, 0.2) is 23.9 Å². The van der Waals surface area contributed by atoms with Crippen molar-refractivity contribution in [3.8, 4) is 5.75 Å². The predicted octanol–water partition coefficient (Wildman–Crippen LogP) is 2.66. The SMILES string of the molecule is CCCCn1c(N)c(N(CCC(C)C)C(=O)COc2ccc(F)cc2F)c(=O)[nH]c1=O. The molecule has 170 valence electrons. The van der Waals surface area contributed by atoms with Gasteiger partial charge in [0.2, 0.25) is 0 Å². The van der Waals surface area contributed by atoms with E-state index >= 15 is 0 Å². The molecule has 0 aliphatic rings. The maximum absolute atomic E-state index is 13.8. The second kappa shape index (κ2) is 10.7. The largest absolute Gasteiger partial charge is 0.481 e. The van der Waals surface area contributed by atoms with Crippen molar-refractivity contribution in [2.45, 2.75) is 46.6 Å². The smallest absolute Gasteiger partial charge is 0.330 e. The number of carbonyl (C=O) groups excluding carboxylic acids is 1. The molecule has 3 N–H and O–H groups in total. The number of nitrogen functional groups attached to an aromatic ring is 1. The summed E-state index contributed by atoms with van der Waals surface area (Å²) in [5.41, 5.74) is 4.53. The van der Waals surface area contributed by atoms with Crippen molar-refractivity contribution in [2.75, 3.05) is 23.8 Å². The van der Waals surface area contributed by atoms with Crippen LogP contribution in [0.4, 0.5) is 20.3 Å². The van der Waals surface area contributed by atoms with E-state index in [2.05, 4.69) is 4.98 Å². The Morgan fingerprint density at radius 3 is 2.61 bits per heavy atom. The number of rotatable bonds is 10. The summed E-state index contributed by atoms with van der Waals surface area (Å²) in [5.74, 6) is -2.59. The second-order valence-corrected chi connectivity index (χ2v) is 7.59. The minimum atomic E-state index is -0.952. The predicted molar refractivity (Wildman–Crippen MR) is 114 cm³/mol. The van der Waals surface area contributed by atoms with E-state index in [9.17, 15) is 23.2 Å². The van der Waals surface area contributed by atoms with E-state index < -0.39 is 35.4 Å². The number of aromatic nitrogens is 2. The van der Waals surface area contributed by atoms with Crippen molar-refractivity contribution in [3.05, 3.63) is 50.7 Å². The molecule has 0 aliphatic heterocycles. The molecule has 1 aromatic heterocycles. The van der Waals surface area contributed by atoms with Gasteiger partial charge in [-0.25, -0.2) is 13.6 Å². The monoisotopic (exact) mass is 438 g/mol. The van der Waals surface area contributed by atoms with E-state index in [4.69, 9.17) is 10.5 Å². The summed E-state index contributed by atoms with van der Waals surface area (Å²) in [6.45, 7) is 5.66. The third-order valence-corrected chi connectivity index (χ3v) is 4.70. The van der Waals surface area contributed by atoms with Crippen molar-refractivity contribution in [3.63, 3.8) is 0 Å². The molecule has 0 radical (unpaired) electrons. The average Bonchev–Trinajstić information content (AvgIpc) is 2.69. The van der Waals surface area contributed by atoms with E-state index in [1.165, 1.54) is 4.57 Å². The van der Waals surface area contributed by atoms with Gasteiger partial charge in [0.25, 0.3) is 11.5 Å². The Hall–Kier alpha value is -3.17. The van der Waals surface area contributed by atoms with Crippen LogP contribution in [-0.4, -0.2) is 28.6 Å². The number of nitrogens with two attached hydrogens (primary N) is 1. The first-order chi connectivity index (χ1) is 14.6. The first-order valence-corrected chi connectivity index (χ1v) is 10.2. The summed E-state index contributed by atoms with van der Waals surface area (Å²) < 4.78 is 33.3.